The zero-order chi connectivity index (χ0) is 9.80. The van der Waals surface area contributed by atoms with E-state index in [1.165, 1.54) is 0 Å². The Morgan fingerprint density at radius 3 is 3.21 bits per heavy atom. The highest BCUT2D eigenvalue weighted by atomic mass is 32.1. The van der Waals surface area contributed by atoms with Gasteiger partial charge in [-0.25, -0.2) is 0 Å². The molecule has 0 aromatic carbocycles. The Hall–Kier alpha value is -0.710. The van der Waals surface area contributed by atoms with E-state index in [0.717, 1.165) is 23.4 Å². The van der Waals surface area contributed by atoms with Gasteiger partial charge in [0.25, 0.3) is 0 Å². The number of aromatic amines is 1. The van der Waals surface area contributed by atoms with Gasteiger partial charge in [0.15, 0.2) is 0 Å². The van der Waals surface area contributed by atoms with Crippen molar-refractivity contribution in [2.45, 2.75) is 19.1 Å². The molecule has 0 bridgehead atoms. The first-order valence-corrected chi connectivity index (χ1v) is 5.13. The second kappa shape index (κ2) is 4.68. The quantitative estimate of drug-likeness (QED) is 0.777. The van der Waals surface area contributed by atoms with Crippen LogP contribution in [0, 0.1) is 4.64 Å². The molecule has 0 radical (unpaired) electrons. The van der Waals surface area contributed by atoms with Crippen LogP contribution in [0.4, 0.5) is 0 Å². The number of ether oxygens (including phenoxy) is 2. The highest BCUT2D eigenvalue weighted by molar-refractivity contribution is 7.71. The Morgan fingerprint density at radius 1 is 1.57 bits per heavy atom. The van der Waals surface area contributed by atoms with Crippen LogP contribution in [0.2, 0.25) is 0 Å². The molecule has 14 heavy (non-hydrogen) atoms. The van der Waals surface area contributed by atoms with Gasteiger partial charge in [0, 0.05) is 12.3 Å². The van der Waals surface area contributed by atoms with E-state index in [-0.39, 0.29) is 6.10 Å². The summed E-state index contributed by atoms with van der Waals surface area (Å²) in [4.78, 5) is 3.08. The van der Waals surface area contributed by atoms with Crippen molar-refractivity contribution in [3.63, 3.8) is 0 Å². The van der Waals surface area contributed by atoms with Crippen molar-refractivity contribution in [3.05, 3.63) is 28.5 Å². The molecule has 1 N–H and O–H groups in total. The maximum atomic E-state index is 5.64. The summed E-state index contributed by atoms with van der Waals surface area (Å²) in [6.07, 6.45) is 1.24. The lowest BCUT2D eigenvalue weighted by Crippen LogP contribution is -2.12. The summed E-state index contributed by atoms with van der Waals surface area (Å²) >= 11 is 5.01. The molecule has 0 aliphatic carbocycles. The zero-order valence-electron chi connectivity index (χ0n) is 7.86. The first kappa shape index (κ1) is 9.83. The minimum atomic E-state index is 0.247. The average molecular weight is 211 g/mol. The van der Waals surface area contributed by atoms with Gasteiger partial charge in [-0.1, -0.05) is 18.3 Å². The molecular formula is C10H13NO2S. The van der Waals surface area contributed by atoms with Crippen LogP contribution in [0.25, 0.3) is 0 Å². The monoisotopic (exact) mass is 211 g/mol. The molecule has 0 amide bonds. The molecule has 1 aromatic rings. The molecule has 1 saturated heterocycles. The number of nitrogens with one attached hydrogen (secondary N) is 1. The molecule has 0 unspecified atom stereocenters. The fourth-order valence-electron chi connectivity index (χ4n) is 1.43. The van der Waals surface area contributed by atoms with E-state index in [0.29, 0.717) is 13.2 Å². The fraction of sp³-hybridized carbons (Fsp3) is 0.500. The molecule has 1 atom stereocenters. The maximum absolute atomic E-state index is 5.64. The lowest BCUT2D eigenvalue weighted by Gasteiger charge is -2.09. The predicted molar refractivity (Wildman–Crippen MR) is 55.6 cm³/mol. The van der Waals surface area contributed by atoms with Crippen molar-refractivity contribution in [1.82, 2.24) is 4.98 Å². The van der Waals surface area contributed by atoms with Gasteiger partial charge in [0.2, 0.25) is 0 Å². The summed E-state index contributed by atoms with van der Waals surface area (Å²) in [5.41, 5.74) is 1.02. The molecular weight excluding hydrogens is 198 g/mol. The number of aromatic nitrogens is 1. The Kier molecular flexibility index (Phi) is 3.29. The minimum Gasteiger partial charge on any atom is -0.379 e. The number of hydrogen-bond donors (Lipinski definition) is 1. The predicted octanol–water partition coefficient (Wildman–Crippen LogP) is 2.05. The van der Waals surface area contributed by atoms with Gasteiger partial charge in [-0.3, -0.25) is 0 Å². The van der Waals surface area contributed by atoms with Crippen molar-refractivity contribution in [2.75, 3.05) is 13.2 Å². The van der Waals surface area contributed by atoms with E-state index in [9.17, 15) is 0 Å². The third-order valence-corrected chi connectivity index (χ3v) is 2.43. The molecule has 1 fully saturated rings. The van der Waals surface area contributed by atoms with Crippen LogP contribution in [-0.4, -0.2) is 24.3 Å². The first-order chi connectivity index (χ1) is 6.84. The molecule has 2 rings (SSSR count). The van der Waals surface area contributed by atoms with E-state index in [2.05, 4.69) is 4.98 Å². The van der Waals surface area contributed by atoms with Gasteiger partial charge >= 0.3 is 0 Å². The minimum absolute atomic E-state index is 0.247. The standard InChI is InChI=1S/C10H13NO2S/c14-10-3-1-2-8(11-10)6-13-9-4-5-12-7-9/h1-3,9H,4-7H2,(H,11,14)/t9-/m0/s1. The lowest BCUT2D eigenvalue weighted by molar-refractivity contribution is 0.0301. The molecule has 2 heterocycles. The Bertz CT molecular complexity index is 344. The second-order valence-corrected chi connectivity index (χ2v) is 3.78. The van der Waals surface area contributed by atoms with Crippen LogP contribution >= 0.6 is 12.2 Å². The lowest BCUT2D eigenvalue weighted by atomic mass is 10.3. The molecule has 0 spiro atoms. The number of rotatable bonds is 3. The summed E-state index contributed by atoms with van der Waals surface area (Å²) in [7, 11) is 0. The Balaban J connectivity index is 1.88. The van der Waals surface area contributed by atoms with Gasteiger partial charge in [0.1, 0.15) is 4.64 Å². The number of H-pyrrole nitrogens is 1. The first-order valence-electron chi connectivity index (χ1n) is 4.72. The van der Waals surface area contributed by atoms with Crippen LogP contribution in [0.5, 0.6) is 0 Å². The van der Waals surface area contributed by atoms with Crippen molar-refractivity contribution in [3.8, 4) is 0 Å². The maximum Gasteiger partial charge on any atom is 0.103 e. The third-order valence-electron chi connectivity index (χ3n) is 2.19. The molecule has 1 aliphatic rings. The van der Waals surface area contributed by atoms with Crippen molar-refractivity contribution in [2.24, 2.45) is 0 Å². The van der Waals surface area contributed by atoms with Crippen molar-refractivity contribution < 1.29 is 9.47 Å². The molecule has 3 nitrogen and oxygen atoms in total. The summed E-state index contributed by atoms with van der Waals surface area (Å²) in [6, 6.07) is 5.77. The molecule has 4 heteroatoms. The fourth-order valence-corrected chi connectivity index (χ4v) is 1.64. The van der Waals surface area contributed by atoms with Crippen LogP contribution in [0.3, 0.4) is 0 Å². The van der Waals surface area contributed by atoms with Crippen LogP contribution in [-0.2, 0) is 16.1 Å². The Labute approximate surface area is 88.1 Å². The van der Waals surface area contributed by atoms with E-state index < -0.39 is 0 Å². The van der Waals surface area contributed by atoms with Crippen molar-refractivity contribution in [1.29, 1.82) is 0 Å². The molecule has 76 valence electrons. The smallest absolute Gasteiger partial charge is 0.103 e. The Morgan fingerprint density at radius 2 is 2.50 bits per heavy atom. The topological polar surface area (TPSA) is 34.2 Å². The highest BCUT2D eigenvalue weighted by Crippen LogP contribution is 2.10. The van der Waals surface area contributed by atoms with Crippen molar-refractivity contribution >= 4 is 12.2 Å². The molecule has 0 saturated carbocycles. The van der Waals surface area contributed by atoms with Crippen LogP contribution < -0.4 is 0 Å². The highest BCUT2D eigenvalue weighted by Gasteiger charge is 2.15. The zero-order valence-corrected chi connectivity index (χ0v) is 8.68. The van der Waals surface area contributed by atoms with Gasteiger partial charge in [-0.2, -0.15) is 0 Å². The van der Waals surface area contributed by atoms with E-state index >= 15 is 0 Å². The van der Waals surface area contributed by atoms with Gasteiger partial charge in [0.05, 0.1) is 19.3 Å². The van der Waals surface area contributed by atoms with Gasteiger partial charge < -0.3 is 14.5 Å². The SMILES string of the molecule is S=c1cccc(CO[C@H]2CCOC2)[nH]1. The second-order valence-electron chi connectivity index (χ2n) is 3.34. The summed E-state index contributed by atoms with van der Waals surface area (Å²) < 4.78 is 11.6. The number of pyridine rings is 1. The largest absolute Gasteiger partial charge is 0.379 e. The van der Waals surface area contributed by atoms with Gasteiger partial charge in [-0.05, 0) is 18.6 Å². The summed E-state index contributed by atoms with van der Waals surface area (Å²) in [5.74, 6) is 0. The van der Waals surface area contributed by atoms with E-state index in [1.54, 1.807) is 0 Å². The molecule has 1 aromatic heterocycles. The third kappa shape index (κ3) is 2.64. The summed E-state index contributed by atoms with van der Waals surface area (Å²) in [5, 5.41) is 0. The van der Waals surface area contributed by atoms with E-state index in [1.807, 2.05) is 18.2 Å². The normalized spacial score (nSPS) is 21.3. The summed E-state index contributed by atoms with van der Waals surface area (Å²) in [6.45, 7) is 2.11. The van der Waals surface area contributed by atoms with Crippen LogP contribution in [0.15, 0.2) is 18.2 Å². The number of hydrogen-bond acceptors (Lipinski definition) is 3. The van der Waals surface area contributed by atoms with Gasteiger partial charge in [-0.15, -0.1) is 0 Å². The van der Waals surface area contributed by atoms with Crippen LogP contribution in [0.1, 0.15) is 12.1 Å². The average Bonchev–Trinajstić information content (AvgIpc) is 2.67. The van der Waals surface area contributed by atoms with E-state index in [4.69, 9.17) is 21.7 Å². The molecule has 1 aliphatic heterocycles.